The summed E-state index contributed by atoms with van der Waals surface area (Å²) in [5, 5.41) is 13.3. The molecule has 0 radical (unpaired) electrons. The molecular weight excluding hydrogens is 447 g/mol. The fraction of sp³-hybridized carbons (Fsp3) is 0.500. The average molecular weight is 474 g/mol. The second-order valence-corrected chi connectivity index (χ2v) is 9.79. The molecule has 1 fully saturated rings. The predicted octanol–water partition coefficient (Wildman–Crippen LogP) is 2.50. The predicted molar refractivity (Wildman–Crippen MR) is 115 cm³/mol. The summed E-state index contributed by atoms with van der Waals surface area (Å²) in [5.74, 6) is 1.12. The molecule has 32 heavy (non-hydrogen) atoms. The Morgan fingerprint density at radius 3 is 2.50 bits per heavy atom. The number of anilines is 2. The molecule has 1 aliphatic rings. The molecule has 12 heteroatoms. The highest BCUT2D eigenvalue weighted by molar-refractivity contribution is 7.89. The number of sulfonamides is 1. The van der Waals surface area contributed by atoms with E-state index in [-0.39, 0.29) is 18.3 Å². The monoisotopic (exact) mass is 473 g/mol. The Morgan fingerprint density at radius 2 is 1.91 bits per heavy atom. The number of hydrogen-bond acceptors (Lipinski definition) is 7. The maximum absolute atomic E-state index is 12.7. The molecule has 2 aromatic rings. The number of alkyl halides is 3. The van der Waals surface area contributed by atoms with Gasteiger partial charge in [0.2, 0.25) is 10.0 Å². The van der Waals surface area contributed by atoms with E-state index in [9.17, 15) is 26.7 Å². The van der Waals surface area contributed by atoms with Crippen molar-refractivity contribution >= 4 is 21.7 Å². The standard InChI is InChI=1S/C20H26F3N5O3S/c1-3-32(30,31)28-9-8-27(12-14(28)2)19-10-18(25-13-26-19)24-11-17(29)15-4-6-16(7-5-15)20(21,22)23/h4-7,10,13-14,17,29H,3,8-9,11-12H2,1-2H3,(H,24,25,26). The van der Waals surface area contributed by atoms with E-state index in [0.717, 1.165) is 12.1 Å². The highest BCUT2D eigenvalue weighted by Crippen LogP contribution is 2.30. The minimum Gasteiger partial charge on any atom is -0.387 e. The zero-order valence-corrected chi connectivity index (χ0v) is 18.6. The summed E-state index contributed by atoms with van der Waals surface area (Å²) in [6.07, 6.45) is -4.09. The van der Waals surface area contributed by atoms with Crippen LogP contribution in [0, 0.1) is 0 Å². The molecule has 0 bridgehead atoms. The number of halogens is 3. The first kappa shape index (κ1) is 24.2. The van der Waals surface area contributed by atoms with Crippen LogP contribution < -0.4 is 10.2 Å². The Hall–Kier alpha value is -2.44. The third-order valence-corrected chi connectivity index (χ3v) is 7.35. The molecule has 2 N–H and O–H groups in total. The second-order valence-electron chi connectivity index (χ2n) is 7.58. The summed E-state index contributed by atoms with van der Waals surface area (Å²) in [4.78, 5) is 10.3. The van der Waals surface area contributed by atoms with Crippen molar-refractivity contribution < 1.29 is 26.7 Å². The molecule has 0 amide bonds. The van der Waals surface area contributed by atoms with Crippen molar-refractivity contribution in [1.82, 2.24) is 14.3 Å². The van der Waals surface area contributed by atoms with E-state index >= 15 is 0 Å². The number of benzene rings is 1. The second kappa shape index (κ2) is 9.59. The molecule has 1 aromatic heterocycles. The summed E-state index contributed by atoms with van der Waals surface area (Å²) in [5.41, 5.74) is -0.426. The van der Waals surface area contributed by atoms with Crippen molar-refractivity contribution in [2.24, 2.45) is 0 Å². The van der Waals surface area contributed by atoms with Gasteiger partial charge in [0.25, 0.3) is 0 Å². The molecule has 2 atom stereocenters. The molecule has 0 aliphatic carbocycles. The Labute approximate surface area is 185 Å². The largest absolute Gasteiger partial charge is 0.416 e. The van der Waals surface area contributed by atoms with Gasteiger partial charge in [0, 0.05) is 38.3 Å². The molecule has 1 aromatic carbocycles. The van der Waals surface area contributed by atoms with Crippen molar-refractivity contribution in [2.75, 3.05) is 42.1 Å². The minimum absolute atomic E-state index is 0.0424. The fourth-order valence-corrected chi connectivity index (χ4v) is 4.86. The van der Waals surface area contributed by atoms with Gasteiger partial charge in [0.15, 0.2) is 0 Å². The van der Waals surface area contributed by atoms with Crippen LogP contribution in [0.3, 0.4) is 0 Å². The Balaban J connectivity index is 1.61. The molecule has 3 rings (SSSR count). The van der Waals surface area contributed by atoms with Crippen LogP contribution in [0.5, 0.6) is 0 Å². The summed E-state index contributed by atoms with van der Waals surface area (Å²) in [6.45, 7) is 4.82. The van der Waals surface area contributed by atoms with E-state index in [1.807, 2.05) is 11.8 Å². The number of aromatic nitrogens is 2. The lowest BCUT2D eigenvalue weighted by Crippen LogP contribution is -2.54. The van der Waals surface area contributed by atoms with Crippen molar-refractivity contribution in [3.8, 4) is 0 Å². The number of hydrogen-bond donors (Lipinski definition) is 2. The van der Waals surface area contributed by atoms with Gasteiger partial charge in [0.1, 0.15) is 18.0 Å². The fourth-order valence-electron chi connectivity index (χ4n) is 3.56. The van der Waals surface area contributed by atoms with E-state index in [2.05, 4.69) is 15.3 Å². The number of nitrogens with one attached hydrogen (secondary N) is 1. The van der Waals surface area contributed by atoms with E-state index in [1.165, 1.54) is 22.8 Å². The normalized spacial score (nSPS) is 19.1. The van der Waals surface area contributed by atoms with Gasteiger partial charge < -0.3 is 15.3 Å². The van der Waals surface area contributed by atoms with Crippen LogP contribution in [0.25, 0.3) is 0 Å². The van der Waals surface area contributed by atoms with Gasteiger partial charge in [-0.15, -0.1) is 0 Å². The zero-order valence-electron chi connectivity index (χ0n) is 17.7. The maximum Gasteiger partial charge on any atom is 0.416 e. The number of aliphatic hydroxyl groups is 1. The van der Waals surface area contributed by atoms with Gasteiger partial charge >= 0.3 is 6.18 Å². The minimum atomic E-state index is -4.43. The molecule has 2 heterocycles. The SMILES string of the molecule is CCS(=O)(=O)N1CCN(c2cc(NCC(O)c3ccc(C(F)(F)F)cc3)ncn2)CC1C. The maximum atomic E-state index is 12.7. The van der Waals surface area contributed by atoms with Gasteiger partial charge in [-0.3, -0.25) is 0 Å². The molecule has 8 nitrogen and oxygen atoms in total. The molecule has 1 aliphatic heterocycles. The van der Waals surface area contributed by atoms with Gasteiger partial charge in [-0.05, 0) is 31.5 Å². The topological polar surface area (TPSA) is 98.7 Å². The highest BCUT2D eigenvalue weighted by atomic mass is 32.2. The summed E-state index contributed by atoms with van der Waals surface area (Å²) >= 11 is 0. The van der Waals surface area contributed by atoms with Crippen molar-refractivity contribution in [3.05, 3.63) is 47.8 Å². The summed E-state index contributed by atoms with van der Waals surface area (Å²) < 4.78 is 63.9. The lowest BCUT2D eigenvalue weighted by molar-refractivity contribution is -0.137. The summed E-state index contributed by atoms with van der Waals surface area (Å²) in [7, 11) is -3.27. The smallest absolute Gasteiger partial charge is 0.387 e. The Kier molecular flexibility index (Phi) is 7.25. The van der Waals surface area contributed by atoms with Crippen LogP contribution in [0.15, 0.2) is 36.7 Å². The quantitative estimate of drug-likeness (QED) is 0.638. The van der Waals surface area contributed by atoms with Crippen molar-refractivity contribution in [2.45, 2.75) is 32.2 Å². The highest BCUT2D eigenvalue weighted by Gasteiger charge is 2.32. The average Bonchev–Trinajstić information content (AvgIpc) is 2.77. The summed E-state index contributed by atoms with van der Waals surface area (Å²) in [6, 6.07) is 5.83. The van der Waals surface area contributed by atoms with Crippen molar-refractivity contribution in [3.63, 3.8) is 0 Å². The van der Waals surface area contributed by atoms with E-state index in [4.69, 9.17) is 0 Å². The molecule has 1 saturated heterocycles. The third-order valence-electron chi connectivity index (χ3n) is 5.36. The lowest BCUT2D eigenvalue weighted by atomic mass is 10.1. The van der Waals surface area contributed by atoms with Crippen LogP contribution >= 0.6 is 0 Å². The van der Waals surface area contributed by atoms with Crippen LogP contribution in [-0.2, 0) is 16.2 Å². The van der Waals surface area contributed by atoms with Gasteiger partial charge in [-0.25, -0.2) is 18.4 Å². The van der Waals surface area contributed by atoms with Gasteiger partial charge in [-0.2, -0.15) is 17.5 Å². The van der Waals surface area contributed by atoms with E-state index < -0.39 is 27.9 Å². The number of rotatable bonds is 7. The number of nitrogens with zero attached hydrogens (tertiary/aromatic N) is 4. The first-order valence-electron chi connectivity index (χ1n) is 10.2. The number of piperazine rings is 1. The Morgan fingerprint density at radius 1 is 1.22 bits per heavy atom. The van der Waals surface area contributed by atoms with Crippen LogP contribution in [0.2, 0.25) is 0 Å². The lowest BCUT2D eigenvalue weighted by Gasteiger charge is -2.39. The molecule has 176 valence electrons. The van der Waals surface area contributed by atoms with Crippen molar-refractivity contribution in [1.29, 1.82) is 0 Å². The molecular formula is C20H26F3N5O3S. The number of aliphatic hydroxyl groups excluding tert-OH is 1. The Bertz CT molecular complexity index is 1020. The van der Waals surface area contributed by atoms with Gasteiger partial charge in [0.05, 0.1) is 17.4 Å². The van der Waals surface area contributed by atoms with E-state index in [1.54, 1.807) is 13.0 Å². The molecule has 0 spiro atoms. The van der Waals surface area contributed by atoms with Crippen LogP contribution in [0.4, 0.5) is 24.8 Å². The zero-order chi connectivity index (χ0) is 23.5. The molecule has 2 unspecified atom stereocenters. The van der Waals surface area contributed by atoms with E-state index in [0.29, 0.717) is 36.8 Å². The van der Waals surface area contributed by atoms with Crippen LogP contribution in [0.1, 0.15) is 31.1 Å². The third kappa shape index (κ3) is 5.67. The molecule has 0 saturated carbocycles. The first-order chi connectivity index (χ1) is 15.0. The van der Waals surface area contributed by atoms with Gasteiger partial charge in [-0.1, -0.05) is 12.1 Å². The van der Waals surface area contributed by atoms with Crippen LogP contribution in [-0.4, -0.2) is 65.8 Å². The first-order valence-corrected chi connectivity index (χ1v) is 11.8.